The van der Waals surface area contributed by atoms with Gasteiger partial charge in [0.05, 0.1) is 16.8 Å². The highest BCUT2D eigenvalue weighted by Crippen LogP contribution is 2.28. The van der Waals surface area contributed by atoms with E-state index in [-0.39, 0.29) is 24.1 Å². The highest BCUT2D eigenvalue weighted by Gasteiger charge is 2.35. The Morgan fingerprint density at radius 3 is 2.28 bits per heavy atom. The van der Waals surface area contributed by atoms with Crippen LogP contribution >= 0.6 is 11.6 Å². The summed E-state index contributed by atoms with van der Waals surface area (Å²) in [5, 5.41) is 4.96. The van der Waals surface area contributed by atoms with Crippen molar-refractivity contribution in [2.75, 3.05) is 45.0 Å². The van der Waals surface area contributed by atoms with Crippen LogP contribution in [0.5, 0.6) is 0 Å². The Kier molecular flexibility index (Phi) is 9.98. The van der Waals surface area contributed by atoms with Crippen LogP contribution < -0.4 is 11.4 Å². The van der Waals surface area contributed by atoms with Gasteiger partial charge >= 0.3 is 11.8 Å². The molecule has 0 aliphatic carbocycles. The molecule has 246 valence electrons. The molecular formula is C34H44ClN7O4. The van der Waals surface area contributed by atoms with Crippen LogP contribution in [-0.4, -0.2) is 92.9 Å². The van der Waals surface area contributed by atoms with Gasteiger partial charge in [0.25, 0.3) is 5.91 Å². The maximum absolute atomic E-state index is 13.9. The highest BCUT2D eigenvalue weighted by atomic mass is 35.5. The SMILES string of the molecule is Cc1cc(C[C@@H](OC(=O)N2CCC(n3nc(-c4ccccc4)[nH]c3=O)CC2)C(=O)N2CCC(N3CCCCC3)CC2)cc(Cl)c1N. The summed E-state index contributed by atoms with van der Waals surface area (Å²) in [7, 11) is 0. The second-order valence-electron chi connectivity index (χ2n) is 12.8. The van der Waals surface area contributed by atoms with Crippen LogP contribution in [0.1, 0.15) is 62.1 Å². The number of amides is 2. The molecule has 11 nitrogen and oxygen atoms in total. The molecule has 46 heavy (non-hydrogen) atoms. The molecule has 2 amide bonds. The number of nitrogens with one attached hydrogen (secondary N) is 1. The first-order valence-electron chi connectivity index (χ1n) is 16.5. The summed E-state index contributed by atoms with van der Waals surface area (Å²) in [5.74, 6) is 0.342. The molecule has 0 spiro atoms. The number of aromatic amines is 1. The lowest BCUT2D eigenvalue weighted by molar-refractivity contribution is -0.142. The van der Waals surface area contributed by atoms with Gasteiger partial charge in [-0.3, -0.25) is 9.78 Å². The molecule has 6 rings (SSSR count). The maximum atomic E-state index is 13.9. The van der Waals surface area contributed by atoms with Gasteiger partial charge in [0.2, 0.25) is 0 Å². The third-order valence-corrected chi connectivity index (χ3v) is 10.1. The van der Waals surface area contributed by atoms with E-state index in [4.69, 9.17) is 22.1 Å². The Morgan fingerprint density at radius 2 is 1.61 bits per heavy atom. The molecule has 3 fully saturated rings. The molecule has 0 radical (unpaired) electrons. The fraction of sp³-hybridized carbons (Fsp3) is 0.529. The Hall–Kier alpha value is -3.83. The van der Waals surface area contributed by atoms with Gasteiger partial charge in [-0.2, -0.15) is 0 Å². The Balaban J connectivity index is 1.11. The summed E-state index contributed by atoms with van der Waals surface area (Å²) < 4.78 is 7.49. The lowest BCUT2D eigenvalue weighted by Crippen LogP contribution is -2.52. The molecule has 3 N–H and O–H groups in total. The number of H-pyrrole nitrogens is 1. The maximum Gasteiger partial charge on any atom is 0.410 e. The number of halogens is 1. The highest BCUT2D eigenvalue weighted by molar-refractivity contribution is 6.33. The summed E-state index contributed by atoms with van der Waals surface area (Å²) in [6.07, 6.45) is 5.40. The van der Waals surface area contributed by atoms with Crippen molar-refractivity contribution in [2.24, 2.45) is 0 Å². The molecule has 1 aromatic heterocycles. The quantitative estimate of drug-likeness (QED) is 0.357. The first kappa shape index (κ1) is 32.1. The van der Waals surface area contributed by atoms with Crippen LogP contribution in [0.4, 0.5) is 10.5 Å². The van der Waals surface area contributed by atoms with E-state index in [1.165, 1.54) is 23.9 Å². The summed E-state index contributed by atoms with van der Waals surface area (Å²) in [6.45, 7) is 6.20. The first-order valence-corrected chi connectivity index (χ1v) is 16.9. The van der Waals surface area contributed by atoms with Crippen molar-refractivity contribution >= 4 is 29.3 Å². The predicted molar refractivity (Wildman–Crippen MR) is 178 cm³/mol. The number of nitrogens with zero attached hydrogens (tertiary/aromatic N) is 5. The minimum Gasteiger partial charge on any atom is -0.436 e. The largest absolute Gasteiger partial charge is 0.436 e. The second-order valence-corrected chi connectivity index (χ2v) is 13.3. The number of anilines is 1. The van der Waals surface area contributed by atoms with Crippen molar-refractivity contribution < 1.29 is 14.3 Å². The van der Waals surface area contributed by atoms with Gasteiger partial charge in [-0.05, 0) is 75.7 Å². The normalized spacial score (nSPS) is 19.3. The van der Waals surface area contributed by atoms with Crippen LogP contribution in [-0.2, 0) is 16.0 Å². The smallest absolute Gasteiger partial charge is 0.410 e. The van der Waals surface area contributed by atoms with Crippen LogP contribution in [0.15, 0.2) is 47.3 Å². The van der Waals surface area contributed by atoms with Crippen molar-refractivity contribution in [1.29, 1.82) is 0 Å². The minimum atomic E-state index is -0.988. The number of likely N-dealkylation sites (tertiary alicyclic amines) is 3. The van der Waals surface area contributed by atoms with E-state index in [0.717, 1.165) is 42.6 Å². The van der Waals surface area contributed by atoms with Crippen LogP contribution in [0.3, 0.4) is 0 Å². The lowest BCUT2D eigenvalue weighted by atomic mass is 9.98. The van der Waals surface area contributed by atoms with Gasteiger partial charge in [0, 0.05) is 44.2 Å². The number of benzene rings is 2. The van der Waals surface area contributed by atoms with Crippen molar-refractivity contribution in [2.45, 2.75) is 76.5 Å². The number of carbonyl (C=O) groups is 2. The molecular weight excluding hydrogens is 606 g/mol. The van der Waals surface area contributed by atoms with Gasteiger partial charge in [0.15, 0.2) is 11.9 Å². The number of nitrogens with two attached hydrogens (primary N) is 1. The number of nitrogen functional groups attached to an aromatic ring is 1. The lowest BCUT2D eigenvalue weighted by Gasteiger charge is -2.41. The minimum absolute atomic E-state index is 0.149. The van der Waals surface area contributed by atoms with Gasteiger partial charge in [-0.15, -0.1) is 5.10 Å². The first-order chi connectivity index (χ1) is 22.3. The zero-order valence-corrected chi connectivity index (χ0v) is 27.3. The van der Waals surface area contributed by atoms with E-state index >= 15 is 0 Å². The summed E-state index contributed by atoms with van der Waals surface area (Å²) in [6, 6.07) is 13.5. The fourth-order valence-electron chi connectivity index (χ4n) is 7.08. The van der Waals surface area contributed by atoms with Crippen LogP contribution in [0, 0.1) is 6.92 Å². The van der Waals surface area contributed by atoms with Gasteiger partial charge in [-0.25, -0.2) is 14.3 Å². The third-order valence-electron chi connectivity index (χ3n) is 9.78. The Bertz CT molecular complexity index is 1550. The van der Waals surface area contributed by atoms with Crippen molar-refractivity contribution in [3.8, 4) is 11.4 Å². The van der Waals surface area contributed by atoms with E-state index in [0.29, 0.717) is 61.6 Å². The van der Waals surface area contributed by atoms with Gasteiger partial charge in [0.1, 0.15) is 0 Å². The molecule has 3 saturated heterocycles. The van der Waals surface area contributed by atoms with E-state index < -0.39 is 12.2 Å². The number of ether oxygens (including phenoxy) is 1. The molecule has 0 bridgehead atoms. The molecule has 3 aliphatic rings. The summed E-state index contributed by atoms with van der Waals surface area (Å²) >= 11 is 6.39. The molecule has 1 atom stereocenters. The number of aromatic nitrogens is 3. The average molecular weight is 650 g/mol. The topological polar surface area (TPSA) is 130 Å². The van der Waals surface area contributed by atoms with E-state index in [1.807, 2.05) is 48.2 Å². The molecule has 3 aromatic rings. The zero-order valence-electron chi connectivity index (χ0n) is 26.5. The van der Waals surface area contributed by atoms with Crippen LogP contribution in [0.2, 0.25) is 5.02 Å². The monoisotopic (exact) mass is 649 g/mol. The van der Waals surface area contributed by atoms with E-state index in [2.05, 4.69) is 15.0 Å². The number of piperidine rings is 3. The number of hydrogen-bond donors (Lipinski definition) is 2. The van der Waals surface area contributed by atoms with Gasteiger partial charge in [-0.1, -0.05) is 54.4 Å². The molecule has 0 saturated carbocycles. The molecule has 0 unspecified atom stereocenters. The van der Waals surface area contributed by atoms with E-state index in [1.54, 1.807) is 11.0 Å². The van der Waals surface area contributed by atoms with E-state index in [9.17, 15) is 14.4 Å². The Labute approximate surface area is 274 Å². The van der Waals surface area contributed by atoms with Crippen molar-refractivity contribution in [3.63, 3.8) is 0 Å². The number of rotatable bonds is 7. The third kappa shape index (κ3) is 7.25. The molecule has 3 aliphatic heterocycles. The molecule has 2 aromatic carbocycles. The summed E-state index contributed by atoms with van der Waals surface area (Å²) in [5.41, 5.74) is 8.74. The average Bonchev–Trinajstić information content (AvgIpc) is 3.48. The van der Waals surface area contributed by atoms with Gasteiger partial charge < -0.3 is 25.2 Å². The standard InChI is InChI=1S/C34H44ClN7O4/c1-23-20-24(21-28(35)30(23)36)22-29(32(43)40-16-10-26(11-17-40)39-14-6-3-7-15-39)46-34(45)41-18-12-27(13-19-41)42-33(44)37-31(38-42)25-8-4-2-5-9-25/h2,4-5,8-9,20-21,26-27,29H,3,6-7,10-19,22,36H2,1H3,(H,37,38,44)/t29-/m1/s1. The molecule has 12 heteroatoms. The van der Waals surface area contributed by atoms with Crippen LogP contribution in [0.25, 0.3) is 11.4 Å². The zero-order chi connectivity index (χ0) is 32.2. The number of hydrogen-bond acceptors (Lipinski definition) is 7. The number of aryl methyl sites for hydroxylation is 1. The van der Waals surface area contributed by atoms with Crippen molar-refractivity contribution in [1.82, 2.24) is 29.5 Å². The summed E-state index contributed by atoms with van der Waals surface area (Å²) in [4.78, 5) is 49.1. The Morgan fingerprint density at radius 1 is 0.957 bits per heavy atom. The molecule has 4 heterocycles. The fourth-order valence-corrected chi connectivity index (χ4v) is 7.36. The second kappa shape index (κ2) is 14.3. The number of carbonyl (C=O) groups excluding carboxylic acids is 2. The predicted octanol–water partition coefficient (Wildman–Crippen LogP) is 4.64. The van der Waals surface area contributed by atoms with Crippen molar-refractivity contribution in [3.05, 3.63) is 69.1 Å².